The van der Waals surface area contributed by atoms with Crippen LogP contribution in [0.5, 0.6) is 0 Å². The summed E-state index contributed by atoms with van der Waals surface area (Å²) in [6, 6.07) is -0.257. The third-order valence-electron chi connectivity index (χ3n) is 2.59. The van der Waals surface area contributed by atoms with Gasteiger partial charge in [-0.15, -0.1) is 0 Å². The Bertz CT molecular complexity index is 360. The lowest BCUT2D eigenvalue weighted by molar-refractivity contribution is -0.143. The lowest BCUT2D eigenvalue weighted by Crippen LogP contribution is -2.35. The topological polar surface area (TPSA) is 56.2 Å². The zero-order valence-electron chi connectivity index (χ0n) is 10.3. The Hall–Kier alpha value is -1.36. The average molecular weight is 225 g/mol. The highest BCUT2D eigenvalue weighted by Gasteiger charge is 2.16. The Labute approximate surface area is 95.8 Å². The summed E-state index contributed by atoms with van der Waals surface area (Å²) in [5.74, 6) is 0.745. The second kappa shape index (κ2) is 5.65. The molecular formula is C11H19N3O2. The Morgan fingerprint density at radius 1 is 1.62 bits per heavy atom. The Morgan fingerprint density at radius 3 is 2.75 bits per heavy atom. The second-order valence-corrected chi connectivity index (χ2v) is 3.78. The van der Waals surface area contributed by atoms with E-state index in [1.165, 1.54) is 7.11 Å². The largest absolute Gasteiger partial charge is 0.468 e. The molecule has 0 saturated carbocycles. The predicted octanol–water partition coefficient (Wildman–Crippen LogP) is 0.651. The number of carbonyl (C=O) groups excluding carboxylic acids is 1. The van der Waals surface area contributed by atoms with E-state index in [1.807, 2.05) is 24.6 Å². The van der Waals surface area contributed by atoms with Gasteiger partial charge in [-0.2, -0.15) is 0 Å². The molecule has 5 nitrogen and oxygen atoms in total. The summed E-state index contributed by atoms with van der Waals surface area (Å²) < 4.78 is 6.75. The van der Waals surface area contributed by atoms with Gasteiger partial charge in [-0.05, 0) is 27.3 Å². The van der Waals surface area contributed by atoms with Crippen LogP contribution in [0.3, 0.4) is 0 Å². The number of nitrogens with one attached hydrogen (secondary N) is 1. The van der Waals surface area contributed by atoms with Gasteiger partial charge >= 0.3 is 5.97 Å². The van der Waals surface area contributed by atoms with E-state index in [-0.39, 0.29) is 12.0 Å². The molecule has 0 aromatic carbocycles. The summed E-state index contributed by atoms with van der Waals surface area (Å²) in [6.45, 7) is 4.67. The van der Waals surface area contributed by atoms with Gasteiger partial charge in [0.05, 0.1) is 12.8 Å². The Kier molecular flexibility index (Phi) is 4.49. The quantitative estimate of drug-likeness (QED) is 0.748. The van der Waals surface area contributed by atoms with Crippen molar-refractivity contribution in [2.45, 2.75) is 32.9 Å². The first-order valence-electron chi connectivity index (χ1n) is 5.34. The zero-order valence-corrected chi connectivity index (χ0v) is 10.3. The molecule has 0 aliphatic rings. The van der Waals surface area contributed by atoms with Crippen molar-refractivity contribution < 1.29 is 9.53 Å². The maximum Gasteiger partial charge on any atom is 0.322 e. The number of ether oxygens (including phenoxy) is 1. The van der Waals surface area contributed by atoms with E-state index >= 15 is 0 Å². The Morgan fingerprint density at radius 2 is 2.31 bits per heavy atom. The number of hydrogen-bond donors (Lipinski definition) is 1. The highest BCUT2D eigenvalue weighted by Crippen LogP contribution is 2.04. The number of carbonyl (C=O) groups is 1. The molecule has 1 unspecified atom stereocenters. The van der Waals surface area contributed by atoms with Crippen LogP contribution in [0.4, 0.5) is 0 Å². The summed E-state index contributed by atoms with van der Waals surface area (Å²) in [4.78, 5) is 15.7. The van der Waals surface area contributed by atoms with Crippen LogP contribution >= 0.6 is 0 Å². The lowest BCUT2D eigenvalue weighted by atomic mass is 10.2. The Balaban J connectivity index is 2.56. The van der Waals surface area contributed by atoms with Crippen LogP contribution in [0.15, 0.2) is 6.20 Å². The van der Waals surface area contributed by atoms with E-state index in [1.54, 1.807) is 7.05 Å². The molecule has 0 amide bonds. The number of esters is 1. The molecule has 1 atom stereocenters. The number of imidazole rings is 1. The molecule has 0 aliphatic carbocycles. The molecule has 0 radical (unpaired) electrons. The zero-order chi connectivity index (χ0) is 12.1. The van der Waals surface area contributed by atoms with Crippen molar-refractivity contribution in [1.82, 2.24) is 14.9 Å². The summed E-state index contributed by atoms with van der Waals surface area (Å²) >= 11 is 0. The molecule has 90 valence electrons. The minimum Gasteiger partial charge on any atom is -0.468 e. The van der Waals surface area contributed by atoms with E-state index in [2.05, 4.69) is 10.3 Å². The van der Waals surface area contributed by atoms with Crippen molar-refractivity contribution in [3.63, 3.8) is 0 Å². The number of aromatic nitrogens is 2. The minimum atomic E-state index is -0.257. The van der Waals surface area contributed by atoms with Crippen molar-refractivity contribution in [3.05, 3.63) is 17.7 Å². The fraction of sp³-hybridized carbons (Fsp3) is 0.636. The van der Waals surface area contributed by atoms with Crippen LogP contribution in [0.2, 0.25) is 0 Å². The molecule has 0 spiro atoms. The fourth-order valence-corrected chi connectivity index (χ4v) is 1.68. The van der Waals surface area contributed by atoms with Gasteiger partial charge in [0.2, 0.25) is 0 Å². The van der Waals surface area contributed by atoms with Crippen molar-refractivity contribution >= 4 is 5.97 Å². The molecule has 0 fully saturated rings. The molecule has 5 heteroatoms. The van der Waals surface area contributed by atoms with Crippen LogP contribution in [0.1, 0.15) is 17.9 Å². The van der Waals surface area contributed by atoms with E-state index in [0.717, 1.165) is 18.1 Å². The standard InChI is InChI=1S/C11H19N3O2/c1-8-7-14(9(2)13-8)6-5-10(12-3)11(15)16-4/h7,10,12H,5-6H2,1-4H3. The fourth-order valence-electron chi connectivity index (χ4n) is 1.68. The number of hydrogen-bond acceptors (Lipinski definition) is 4. The molecule has 1 N–H and O–H groups in total. The molecule has 1 aromatic rings. The first-order valence-corrected chi connectivity index (χ1v) is 5.34. The number of rotatable bonds is 5. The van der Waals surface area contributed by atoms with E-state index in [0.29, 0.717) is 6.42 Å². The average Bonchev–Trinajstić information content (AvgIpc) is 2.58. The summed E-state index contributed by atoms with van der Waals surface area (Å²) in [7, 11) is 3.16. The number of nitrogens with zero attached hydrogens (tertiary/aromatic N) is 2. The van der Waals surface area contributed by atoms with Crippen LogP contribution in [-0.4, -0.2) is 35.7 Å². The highest BCUT2D eigenvalue weighted by atomic mass is 16.5. The van der Waals surface area contributed by atoms with Crippen molar-refractivity contribution in [3.8, 4) is 0 Å². The molecule has 1 rings (SSSR count). The minimum absolute atomic E-state index is 0.225. The smallest absolute Gasteiger partial charge is 0.322 e. The van der Waals surface area contributed by atoms with Gasteiger partial charge in [0.15, 0.2) is 0 Å². The van der Waals surface area contributed by atoms with Gasteiger partial charge in [-0.25, -0.2) is 4.98 Å². The normalized spacial score (nSPS) is 12.5. The van der Waals surface area contributed by atoms with Gasteiger partial charge in [-0.3, -0.25) is 4.79 Å². The molecule has 16 heavy (non-hydrogen) atoms. The third kappa shape index (κ3) is 3.06. The summed E-state index contributed by atoms with van der Waals surface area (Å²) in [6.07, 6.45) is 2.68. The van der Waals surface area contributed by atoms with Gasteiger partial charge in [0.25, 0.3) is 0 Å². The van der Waals surface area contributed by atoms with Crippen LogP contribution in [-0.2, 0) is 16.1 Å². The van der Waals surface area contributed by atoms with Crippen molar-refractivity contribution in [2.24, 2.45) is 0 Å². The highest BCUT2D eigenvalue weighted by molar-refractivity contribution is 5.75. The van der Waals surface area contributed by atoms with Crippen LogP contribution in [0, 0.1) is 13.8 Å². The summed E-state index contributed by atoms with van der Waals surface area (Å²) in [5, 5.41) is 2.94. The van der Waals surface area contributed by atoms with Gasteiger partial charge in [-0.1, -0.05) is 0 Å². The van der Waals surface area contributed by atoms with E-state index in [4.69, 9.17) is 4.74 Å². The van der Waals surface area contributed by atoms with Gasteiger partial charge in [0.1, 0.15) is 11.9 Å². The molecular weight excluding hydrogens is 206 g/mol. The maximum absolute atomic E-state index is 11.3. The third-order valence-corrected chi connectivity index (χ3v) is 2.59. The number of aryl methyl sites for hydroxylation is 3. The predicted molar refractivity (Wildman–Crippen MR) is 61.2 cm³/mol. The van der Waals surface area contributed by atoms with Gasteiger partial charge < -0.3 is 14.6 Å². The SMILES string of the molecule is CNC(CCn1cc(C)nc1C)C(=O)OC. The maximum atomic E-state index is 11.3. The second-order valence-electron chi connectivity index (χ2n) is 3.78. The summed E-state index contributed by atoms with van der Waals surface area (Å²) in [5.41, 5.74) is 0.997. The van der Waals surface area contributed by atoms with Crippen LogP contribution < -0.4 is 5.32 Å². The van der Waals surface area contributed by atoms with Crippen LogP contribution in [0.25, 0.3) is 0 Å². The molecule has 0 aliphatic heterocycles. The van der Waals surface area contributed by atoms with Crippen molar-refractivity contribution in [2.75, 3.05) is 14.2 Å². The molecule has 0 saturated heterocycles. The lowest BCUT2D eigenvalue weighted by Gasteiger charge is -2.14. The molecule has 1 aromatic heterocycles. The van der Waals surface area contributed by atoms with E-state index in [9.17, 15) is 4.79 Å². The van der Waals surface area contributed by atoms with Gasteiger partial charge in [0, 0.05) is 12.7 Å². The monoisotopic (exact) mass is 225 g/mol. The first kappa shape index (κ1) is 12.7. The molecule has 1 heterocycles. The number of methoxy groups -OCH3 is 1. The van der Waals surface area contributed by atoms with E-state index < -0.39 is 0 Å². The number of likely N-dealkylation sites (N-methyl/N-ethyl adjacent to an activating group) is 1. The molecule has 0 bridgehead atoms. The van der Waals surface area contributed by atoms with Crippen molar-refractivity contribution in [1.29, 1.82) is 0 Å². The first-order chi connectivity index (χ1) is 7.58.